The molecule has 0 bridgehead atoms. The summed E-state index contributed by atoms with van der Waals surface area (Å²) >= 11 is 0. The van der Waals surface area contributed by atoms with Crippen molar-refractivity contribution in [1.29, 1.82) is 0 Å². The molecule has 0 saturated heterocycles. The van der Waals surface area contributed by atoms with E-state index >= 15 is 0 Å². The molecule has 0 aromatic heterocycles. The molecule has 0 spiro atoms. The molecule has 0 aliphatic heterocycles. The maximum atomic E-state index is 12.0. The van der Waals surface area contributed by atoms with Crippen molar-refractivity contribution < 1.29 is 4.79 Å². The summed E-state index contributed by atoms with van der Waals surface area (Å²) in [4.78, 5) is 12.0. The van der Waals surface area contributed by atoms with Crippen LogP contribution in [-0.2, 0) is 4.79 Å². The van der Waals surface area contributed by atoms with Gasteiger partial charge in [0, 0.05) is 12.5 Å². The van der Waals surface area contributed by atoms with E-state index in [2.05, 4.69) is 11.4 Å². The number of carbonyl (C=O) groups is 1. The summed E-state index contributed by atoms with van der Waals surface area (Å²) in [6.07, 6.45) is 12.4. The van der Waals surface area contributed by atoms with Crippen LogP contribution in [0, 0.1) is 5.92 Å². The Morgan fingerprint density at radius 2 is 2.11 bits per heavy atom. The van der Waals surface area contributed by atoms with Crippen LogP contribution in [0.2, 0.25) is 0 Å². The molecule has 0 aromatic rings. The number of allylic oxidation sites excluding steroid dienone is 1. The summed E-state index contributed by atoms with van der Waals surface area (Å²) in [6.45, 7) is 0.702. The zero-order valence-corrected chi connectivity index (χ0v) is 11.3. The summed E-state index contributed by atoms with van der Waals surface area (Å²) in [5.41, 5.74) is 7.12. The third kappa shape index (κ3) is 3.84. The number of carbonyl (C=O) groups excluding carboxylic acids is 1. The van der Waals surface area contributed by atoms with Gasteiger partial charge in [0.1, 0.15) is 0 Å². The molecule has 1 amide bonds. The number of hydrogen-bond acceptors (Lipinski definition) is 2. The highest BCUT2D eigenvalue weighted by atomic mass is 16.1. The van der Waals surface area contributed by atoms with E-state index in [4.69, 9.17) is 5.73 Å². The number of nitrogens with two attached hydrogens (primary N) is 1. The second-order valence-corrected chi connectivity index (χ2v) is 5.74. The lowest BCUT2D eigenvalue weighted by Gasteiger charge is -2.31. The van der Waals surface area contributed by atoms with E-state index < -0.39 is 0 Å². The molecule has 102 valence electrons. The molecule has 2 rings (SSSR count). The van der Waals surface area contributed by atoms with Crippen molar-refractivity contribution in [3.63, 3.8) is 0 Å². The molecule has 0 heterocycles. The van der Waals surface area contributed by atoms with Crippen molar-refractivity contribution in [2.24, 2.45) is 11.7 Å². The fourth-order valence-electron chi connectivity index (χ4n) is 3.21. The molecule has 0 aromatic carbocycles. The molecule has 2 unspecified atom stereocenters. The number of rotatable bonds is 4. The summed E-state index contributed by atoms with van der Waals surface area (Å²) in [5.74, 6) is 0.691. The molecule has 3 heteroatoms. The van der Waals surface area contributed by atoms with Crippen LogP contribution in [0.3, 0.4) is 0 Å². The highest BCUT2D eigenvalue weighted by Crippen LogP contribution is 2.24. The molecule has 1 saturated carbocycles. The van der Waals surface area contributed by atoms with E-state index in [1.807, 2.05) is 0 Å². The van der Waals surface area contributed by atoms with E-state index in [1.165, 1.54) is 37.7 Å². The number of nitrogens with one attached hydrogen (secondary N) is 1. The van der Waals surface area contributed by atoms with Crippen LogP contribution in [0.1, 0.15) is 57.8 Å². The summed E-state index contributed by atoms with van der Waals surface area (Å²) in [7, 11) is 0. The van der Waals surface area contributed by atoms with Gasteiger partial charge in [0.15, 0.2) is 0 Å². The highest BCUT2D eigenvalue weighted by molar-refractivity contribution is 5.78. The lowest BCUT2D eigenvalue weighted by molar-refractivity contribution is -0.121. The standard InChI is InChI=1S/C15H26N2O/c16-11-13-8-4-5-9-14(13)17-15(18)10-12-6-2-1-3-7-12/h6,13-14H,1-5,7-11,16H2,(H,17,18). The van der Waals surface area contributed by atoms with Gasteiger partial charge in [-0.3, -0.25) is 4.79 Å². The van der Waals surface area contributed by atoms with E-state index in [-0.39, 0.29) is 5.91 Å². The first-order valence-electron chi connectivity index (χ1n) is 7.47. The van der Waals surface area contributed by atoms with E-state index in [0.717, 1.165) is 19.3 Å². The Bertz CT molecular complexity index is 312. The van der Waals surface area contributed by atoms with Crippen LogP contribution in [0.4, 0.5) is 0 Å². The van der Waals surface area contributed by atoms with Gasteiger partial charge in [0.25, 0.3) is 0 Å². The van der Waals surface area contributed by atoms with Crippen LogP contribution in [0.15, 0.2) is 11.6 Å². The van der Waals surface area contributed by atoms with Crippen molar-refractivity contribution in [2.75, 3.05) is 6.54 Å². The fraction of sp³-hybridized carbons (Fsp3) is 0.800. The van der Waals surface area contributed by atoms with Crippen molar-refractivity contribution in [3.05, 3.63) is 11.6 Å². The van der Waals surface area contributed by atoms with Crippen LogP contribution in [-0.4, -0.2) is 18.5 Å². The van der Waals surface area contributed by atoms with Crippen molar-refractivity contribution in [1.82, 2.24) is 5.32 Å². The summed E-state index contributed by atoms with van der Waals surface area (Å²) < 4.78 is 0. The zero-order chi connectivity index (χ0) is 12.8. The van der Waals surface area contributed by atoms with E-state index in [0.29, 0.717) is 24.9 Å². The number of amides is 1. The predicted molar refractivity (Wildman–Crippen MR) is 74.1 cm³/mol. The lowest BCUT2D eigenvalue weighted by atomic mass is 9.84. The maximum absolute atomic E-state index is 12.0. The summed E-state index contributed by atoms with van der Waals surface area (Å²) in [6, 6.07) is 0.320. The highest BCUT2D eigenvalue weighted by Gasteiger charge is 2.25. The van der Waals surface area contributed by atoms with Gasteiger partial charge >= 0.3 is 0 Å². The van der Waals surface area contributed by atoms with Crippen LogP contribution in [0.5, 0.6) is 0 Å². The molecule has 2 aliphatic rings. The Balaban J connectivity index is 1.80. The monoisotopic (exact) mass is 250 g/mol. The minimum Gasteiger partial charge on any atom is -0.353 e. The van der Waals surface area contributed by atoms with Gasteiger partial charge in [-0.25, -0.2) is 0 Å². The third-order valence-corrected chi connectivity index (χ3v) is 4.33. The zero-order valence-electron chi connectivity index (χ0n) is 11.3. The van der Waals surface area contributed by atoms with Gasteiger partial charge in [0.2, 0.25) is 5.91 Å². The second-order valence-electron chi connectivity index (χ2n) is 5.74. The van der Waals surface area contributed by atoms with Crippen molar-refractivity contribution in [2.45, 2.75) is 63.8 Å². The Hall–Kier alpha value is -0.830. The normalized spacial score (nSPS) is 28.6. The lowest BCUT2D eigenvalue weighted by Crippen LogP contribution is -2.44. The topological polar surface area (TPSA) is 55.1 Å². The first kappa shape index (κ1) is 13.6. The summed E-state index contributed by atoms with van der Waals surface area (Å²) in [5, 5.41) is 3.21. The molecule has 3 nitrogen and oxygen atoms in total. The van der Waals surface area contributed by atoms with Gasteiger partial charge in [-0.2, -0.15) is 0 Å². The molecule has 0 radical (unpaired) electrons. The van der Waals surface area contributed by atoms with Crippen molar-refractivity contribution >= 4 is 5.91 Å². The number of hydrogen-bond donors (Lipinski definition) is 2. The maximum Gasteiger partial charge on any atom is 0.224 e. The molecule has 1 fully saturated rings. The second kappa shape index (κ2) is 6.93. The Morgan fingerprint density at radius 3 is 2.83 bits per heavy atom. The average molecular weight is 250 g/mol. The van der Waals surface area contributed by atoms with Gasteiger partial charge < -0.3 is 11.1 Å². The van der Waals surface area contributed by atoms with Gasteiger partial charge in [-0.1, -0.05) is 24.5 Å². The first-order valence-corrected chi connectivity index (χ1v) is 7.47. The predicted octanol–water partition coefficient (Wildman–Crippen LogP) is 2.51. The quantitative estimate of drug-likeness (QED) is 0.753. The Morgan fingerprint density at radius 1 is 1.28 bits per heavy atom. The molecular weight excluding hydrogens is 224 g/mol. The van der Waals surface area contributed by atoms with Crippen LogP contribution in [0.25, 0.3) is 0 Å². The Kier molecular flexibility index (Phi) is 5.24. The minimum atomic E-state index is 0.202. The molecule has 2 aliphatic carbocycles. The van der Waals surface area contributed by atoms with E-state index in [1.54, 1.807) is 0 Å². The average Bonchev–Trinajstić information content (AvgIpc) is 2.40. The third-order valence-electron chi connectivity index (χ3n) is 4.33. The molecule has 3 N–H and O–H groups in total. The SMILES string of the molecule is NCC1CCCCC1NC(=O)CC1=CCCCC1. The van der Waals surface area contributed by atoms with Gasteiger partial charge in [-0.05, 0) is 51.0 Å². The largest absolute Gasteiger partial charge is 0.353 e. The van der Waals surface area contributed by atoms with Gasteiger partial charge in [-0.15, -0.1) is 0 Å². The van der Waals surface area contributed by atoms with E-state index in [9.17, 15) is 4.79 Å². The minimum absolute atomic E-state index is 0.202. The first-order chi connectivity index (χ1) is 8.79. The van der Waals surface area contributed by atoms with Gasteiger partial charge in [0.05, 0.1) is 0 Å². The molecule has 18 heavy (non-hydrogen) atoms. The van der Waals surface area contributed by atoms with Crippen LogP contribution >= 0.6 is 0 Å². The molecule has 2 atom stereocenters. The van der Waals surface area contributed by atoms with Crippen molar-refractivity contribution in [3.8, 4) is 0 Å². The van der Waals surface area contributed by atoms with Crippen LogP contribution < -0.4 is 11.1 Å². The Labute approximate surface area is 110 Å². The smallest absolute Gasteiger partial charge is 0.224 e. The molecular formula is C15H26N2O. The fourth-order valence-corrected chi connectivity index (χ4v) is 3.21.